The molecular formula is C20H26BrN5O4. The smallest absolute Gasteiger partial charge is 0.261 e. The number of carbonyl (C=O) groups is 2. The largest absolute Gasteiger partial charge is 0.490 e. The number of halogens is 1. The van der Waals surface area contributed by atoms with Crippen molar-refractivity contribution in [3.05, 3.63) is 39.6 Å². The molecule has 0 aliphatic rings. The van der Waals surface area contributed by atoms with Crippen LogP contribution in [0.15, 0.2) is 27.8 Å². The summed E-state index contributed by atoms with van der Waals surface area (Å²) in [5, 5.41) is 8.25. The predicted molar refractivity (Wildman–Crippen MR) is 117 cm³/mol. The van der Waals surface area contributed by atoms with E-state index in [2.05, 4.69) is 31.6 Å². The lowest BCUT2D eigenvalue weighted by Gasteiger charge is -2.16. The molecule has 0 fully saturated rings. The maximum Gasteiger partial charge on any atom is 0.261 e. The number of likely N-dealkylation sites (N-methyl/N-ethyl adjacent to an activating group) is 1. The lowest BCUT2D eigenvalue weighted by atomic mass is 10.2. The van der Waals surface area contributed by atoms with Crippen molar-refractivity contribution in [3.63, 3.8) is 0 Å². The van der Waals surface area contributed by atoms with Crippen LogP contribution < -0.4 is 14.9 Å². The van der Waals surface area contributed by atoms with Crippen LogP contribution in [-0.2, 0) is 16.1 Å². The van der Waals surface area contributed by atoms with Gasteiger partial charge in [0.05, 0.1) is 23.0 Å². The summed E-state index contributed by atoms with van der Waals surface area (Å²) in [5.74, 6) is 0.440. The summed E-state index contributed by atoms with van der Waals surface area (Å²) in [6.07, 6.45) is 1.50. The van der Waals surface area contributed by atoms with Gasteiger partial charge in [0.25, 0.3) is 11.8 Å². The molecule has 1 aromatic carbocycles. The highest BCUT2D eigenvalue weighted by atomic mass is 79.9. The van der Waals surface area contributed by atoms with Gasteiger partial charge in [0.15, 0.2) is 18.1 Å². The summed E-state index contributed by atoms with van der Waals surface area (Å²) in [6.45, 7) is 6.00. The van der Waals surface area contributed by atoms with Crippen molar-refractivity contribution >= 4 is 34.0 Å². The van der Waals surface area contributed by atoms with Gasteiger partial charge in [-0.1, -0.05) is 0 Å². The SMILES string of the molecule is CCOc1cc(/C=N/NC(=O)Cn2nc(C)cc2C)cc(Br)c1OCC(=O)N(C)C. The second-order valence-electron chi connectivity index (χ2n) is 6.72. The van der Waals surface area contributed by atoms with Crippen LogP contribution in [0.1, 0.15) is 23.9 Å². The monoisotopic (exact) mass is 479 g/mol. The number of carbonyl (C=O) groups excluding carboxylic acids is 2. The number of rotatable bonds is 9. The standard InChI is InChI=1S/C20H26BrN5O4/c1-6-29-17-9-15(8-16(21)20(17)30-12-19(28)25(4)5)10-22-23-18(27)11-26-14(3)7-13(2)24-26/h7-10H,6,11-12H2,1-5H3,(H,23,27)/b22-10+. The van der Waals surface area contributed by atoms with Crippen molar-refractivity contribution in [2.45, 2.75) is 27.3 Å². The number of amides is 2. The van der Waals surface area contributed by atoms with E-state index in [0.717, 1.165) is 11.4 Å². The number of nitrogens with zero attached hydrogens (tertiary/aromatic N) is 4. The van der Waals surface area contributed by atoms with E-state index in [-0.39, 0.29) is 25.0 Å². The zero-order valence-corrected chi connectivity index (χ0v) is 19.3. The Hall–Kier alpha value is -2.88. The molecule has 0 bridgehead atoms. The van der Waals surface area contributed by atoms with Crippen molar-refractivity contribution in [2.75, 3.05) is 27.3 Å². The minimum Gasteiger partial charge on any atom is -0.490 e. The third-order valence-corrected chi connectivity index (χ3v) is 4.56. The Labute approximate surface area is 184 Å². The van der Waals surface area contributed by atoms with Gasteiger partial charge in [0, 0.05) is 19.8 Å². The number of hydrazone groups is 1. The maximum atomic E-state index is 12.1. The minimum atomic E-state index is -0.288. The third-order valence-electron chi connectivity index (χ3n) is 3.97. The molecule has 0 saturated carbocycles. The molecule has 0 atom stereocenters. The molecule has 2 aromatic rings. The summed E-state index contributed by atoms with van der Waals surface area (Å²) in [6, 6.07) is 5.38. The average Bonchev–Trinajstić information content (AvgIpc) is 2.97. The van der Waals surface area contributed by atoms with Gasteiger partial charge in [-0.2, -0.15) is 10.2 Å². The first-order chi connectivity index (χ1) is 14.2. The highest BCUT2D eigenvalue weighted by Gasteiger charge is 2.14. The minimum absolute atomic E-state index is 0.0809. The van der Waals surface area contributed by atoms with E-state index < -0.39 is 0 Å². The fourth-order valence-electron chi connectivity index (χ4n) is 2.51. The van der Waals surface area contributed by atoms with Crippen molar-refractivity contribution in [1.82, 2.24) is 20.1 Å². The summed E-state index contributed by atoms with van der Waals surface area (Å²) in [4.78, 5) is 25.3. The number of aromatic nitrogens is 2. The quantitative estimate of drug-likeness (QED) is 0.439. The lowest BCUT2D eigenvalue weighted by molar-refractivity contribution is -0.130. The zero-order chi connectivity index (χ0) is 22.3. The Bertz CT molecular complexity index is 940. The van der Waals surface area contributed by atoms with Gasteiger partial charge >= 0.3 is 0 Å². The van der Waals surface area contributed by atoms with Crippen LogP contribution in [0.25, 0.3) is 0 Å². The first-order valence-electron chi connectivity index (χ1n) is 9.33. The van der Waals surface area contributed by atoms with Crippen LogP contribution in [0.5, 0.6) is 11.5 Å². The molecule has 0 spiro atoms. The van der Waals surface area contributed by atoms with Crippen molar-refractivity contribution in [1.29, 1.82) is 0 Å². The van der Waals surface area contributed by atoms with Gasteiger partial charge in [-0.15, -0.1) is 0 Å². The molecule has 162 valence electrons. The Morgan fingerprint density at radius 1 is 1.27 bits per heavy atom. The molecule has 0 saturated heterocycles. The van der Waals surface area contributed by atoms with Gasteiger partial charge in [-0.05, 0) is 60.5 Å². The van der Waals surface area contributed by atoms with E-state index in [1.807, 2.05) is 26.8 Å². The molecule has 2 amide bonds. The van der Waals surface area contributed by atoms with Gasteiger partial charge in [0.2, 0.25) is 0 Å². The van der Waals surface area contributed by atoms with Crippen LogP contribution in [-0.4, -0.2) is 60.0 Å². The fraction of sp³-hybridized carbons (Fsp3) is 0.400. The van der Waals surface area contributed by atoms with Crippen LogP contribution in [0, 0.1) is 13.8 Å². The molecule has 10 heteroatoms. The summed E-state index contributed by atoms with van der Waals surface area (Å²) < 4.78 is 13.5. The van der Waals surface area contributed by atoms with Gasteiger partial charge < -0.3 is 14.4 Å². The van der Waals surface area contributed by atoms with Crippen molar-refractivity contribution < 1.29 is 19.1 Å². The van der Waals surface area contributed by atoms with Crippen molar-refractivity contribution in [3.8, 4) is 11.5 Å². The number of nitrogens with one attached hydrogen (secondary N) is 1. The highest BCUT2D eigenvalue weighted by molar-refractivity contribution is 9.10. The van der Waals surface area contributed by atoms with Crippen LogP contribution in [0.4, 0.5) is 0 Å². The second kappa shape index (κ2) is 10.8. The van der Waals surface area contributed by atoms with Gasteiger partial charge in [-0.25, -0.2) is 5.43 Å². The van der Waals surface area contributed by atoms with E-state index >= 15 is 0 Å². The molecule has 2 rings (SSSR count). The molecule has 9 nitrogen and oxygen atoms in total. The summed E-state index contributed by atoms with van der Waals surface area (Å²) in [7, 11) is 3.32. The number of hydrogen-bond acceptors (Lipinski definition) is 6. The Morgan fingerprint density at radius 3 is 2.60 bits per heavy atom. The molecule has 1 N–H and O–H groups in total. The molecule has 1 aromatic heterocycles. The summed E-state index contributed by atoms with van der Waals surface area (Å²) >= 11 is 3.44. The molecular weight excluding hydrogens is 454 g/mol. The van der Waals surface area contributed by atoms with Crippen LogP contribution in [0.3, 0.4) is 0 Å². The van der Waals surface area contributed by atoms with Crippen LogP contribution >= 0.6 is 15.9 Å². The third kappa shape index (κ3) is 6.58. The first kappa shape index (κ1) is 23.4. The Morgan fingerprint density at radius 2 is 2.00 bits per heavy atom. The molecule has 1 heterocycles. The van der Waals surface area contributed by atoms with E-state index in [4.69, 9.17) is 9.47 Å². The summed E-state index contributed by atoms with van der Waals surface area (Å²) in [5.41, 5.74) is 4.93. The van der Waals surface area contributed by atoms with E-state index in [9.17, 15) is 9.59 Å². The number of benzene rings is 1. The molecule has 0 unspecified atom stereocenters. The van der Waals surface area contributed by atoms with E-state index in [1.165, 1.54) is 11.1 Å². The first-order valence-corrected chi connectivity index (χ1v) is 10.1. The molecule has 0 radical (unpaired) electrons. The van der Waals surface area contributed by atoms with E-state index in [1.54, 1.807) is 30.9 Å². The Balaban J connectivity index is 2.06. The molecule has 0 aliphatic carbocycles. The van der Waals surface area contributed by atoms with Gasteiger partial charge in [-0.3, -0.25) is 14.3 Å². The van der Waals surface area contributed by atoms with Crippen LogP contribution in [0.2, 0.25) is 0 Å². The van der Waals surface area contributed by atoms with E-state index in [0.29, 0.717) is 28.1 Å². The average molecular weight is 480 g/mol. The molecule has 30 heavy (non-hydrogen) atoms. The fourth-order valence-corrected chi connectivity index (χ4v) is 3.09. The number of hydrogen-bond donors (Lipinski definition) is 1. The normalized spacial score (nSPS) is 10.9. The number of ether oxygens (including phenoxy) is 2. The Kier molecular flexibility index (Phi) is 8.40. The predicted octanol–water partition coefficient (Wildman–Crippen LogP) is 2.28. The lowest BCUT2D eigenvalue weighted by Crippen LogP contribution is -2.27. The topological polar surface area (TPSA) is 98.0 Å². The number of aryl methyl sites for hydroxylation is 2. The molecule has 0 aliphatic heterocycles. The second-order valence-corrected chi connectivity index (χ2v) is 7.57. The highest BCUT2D eigenvalue weighted by Crippen LogP contribution is 2.36. The maximum absolute atomic E-state index is 12.1. The van der Waals surface area contributed by atoms with Gasteiger partial charge in [0.1, 0.15) is 6.54 Å². The zero-order valence-electron chi connectivity index (χ0n) is 17.7. The van der Waals surface area contributed by atoms with Crippen molar-refractivity contribution in [2.24, 2.45) is 5.10 Å².